The van der Waals surface area contributed by atoms with Crippen molar-refractivity contribution in [3.8, 4) is 0 Å². The maximum absolute atomic E-state index is 11.7. The SMILES string of the molecule is CC(C)(C)C(=O)OC(CC1CCCCC1)S(=O)(=O)[O-]. The molecule has 0 spiro atoms. The van der Waals surface area contributed by atoms with E-state index in [4.69, 9.17) is 4.74 Å². The molecule has 1 fully saturated rings. The highest BCUT2D eigenvalue weighted by Crippen LogP contribution is 2.30. The van der Waals surface area contributed by atoms with Crippen LogP contribution in [0, 0.1) is 11.3 Å². The average molecular weight is 291 g/mol. The number of hydrogen-bond acceptors (Lipinski definition) is 5. The summed E-state index contributed by atoms with van der Waals surface area (Å²) < 4.78 is 38.6. The molecule has 112 valence electrons. The van der Waals surface area contributed by atoms with Crippen molar-refractivity contribution >= 4 is 16.1 Å². The molecular formula is C13H23O5S-. The van der Waals surface area contributed by atoms with E-state index in [9.17, 15) is 17.8 Å². The van der Waals surface area contributed by atoms with Crippen LogP contribution in [0.4, 0.5) is 0 Å². The van der Waals surface area contributed by atoms with Crippen molar-refractivity contribution < 1.29 is 22.5 Å². The first-order valence-electron chi connectivity index (χ1n) is 6.76. The van der Waals surface area contributed by atoms with Gasteiger partial charge in [0.2, 0.25) is 0 Å². The van der Waals surface area contributed by atoms with Crippen LogP contribution in [0.3, 0.4) is 0 Å². The molecule has 0 aromatic carbocycles. The molecule has 0 amide bonds. The number of ether oxygens (including phenoxy) is 1. The number of carbonyl (C=O) groups is 1. The minimum atomic E-state index is -4.61. The van der Waals surface area contributed by atoms with Crippen molar-refractivity contribution in [3.63, 3.8) is 0 Å². The summed E-state index contributed by atoms with van der Waals surface area (Å²) in [6, 6.07) is 0. The van der Waals surface area contributed by atoms with E-state index < -0.39 is 26.9 Å². The topological polar surface area (TPSA) is 83.5 Å². The monoisotopic (exact) mass is 291 g/mol. The molecule has 1 unspecified atom stereocenters. The molecular weight excluding hydrogens is 268 g/mol. The molecule has 5 nitrogen and oxygen atoms in total. The van der Waals surface area contributed by atoms with Gasteiger partial charge in [-0.3, -0.25) is 4.79 Å². The molecule has 0 saturated heterocycles. The predicted octanol–water partition coefficient (Wildman–Crippen LogP) is 2.42. The third kappa shape index (κ3) is 5.48. The molecule has 1 rings (SSSR count). The Bertz CT molecular complexity index is 401. The quantitative estimate of drug-likeness (QED) is 0.586. The van der Waals surface area contributed by atoms with Crippen LogP contribution in [0.25, 0.3) is 0 Å². The van der Waals surface area contributed by atoms with E-state index >= 15 is 0 Å². The Hall–Kier alpha value is -0.620. The predicted molar refractivity (Wildman–Crippen MR) is 70.2 cm³/mol. The molecule has 6 heteroatoms. The molecule has 0 bridgehead atoms. The van der Waals surface area contributed by atoms with Crippen LogP contribution < -0.4 is 0 Å². The van der Waals surface area contributed by atoms with E-state index in [0.29, 0.717) is 0 Å². The Morgan fingerprint density at radius 1 is 1.26 bits per heavy atom. The molecule has 0 N–H and O–H groups in total. The van der Waals surface area contributed by atoms with E-state index in [0.717, 1.165) is 32.1 Å². The van der Waals surface area contributed by atoms with Crippen molar-refractivity contribution in [1.82, 2.24) is 0 Å². The first kappa shape index (κ1) is 16.4. The molecule has 19 heavy (non-hydrogen) atoms. The summed E-state index contributed by atoms with van der Waals surface area (Å²) >= 11 is 0. The van der Waals surface area contributed by atoms with Crippen molar-refractivity contribution in [2.45, 2.75) is 64.7 Å². The summed E-state index contributed by atoms with van der Waals surface area (Å²) in [5, 5.41) is 0. The van der Waals surface area contributed by atoms with Gasteiger partial charge in [-0.25, -0.2) is 8.42 Å². The standard InChI is InChI=1S/C13H24O5S/c1-13(2,3)12(14)18-11(19(15,16)17)9-10-7-5-4-6-8-10/h10-11H,4-9H2,1-3H3,(H,15,16,17)/p-1. The lowest BCUT2D eigenvalue weighted by Gasteiger charge is -2.29. The third-order valence-corrected chi connectivity index (χ3v) is 4.36. The van der Waals surface area contributed by atoms with Crippen molar-refractivity contribution in [2.75, 3.05) is 0 Å². The van der Waals surface area contributed by atoms with Gasteiger partial charge in [0, 0.05) is 6.42 Å². The maximum atomic E-state index is 11.7. The van der Waals surface area contributed by atoms with Gasteiger partial charge in [-0.05, 0) is 26.7 Å². The fourth-order valence-corrected chi connectivity index (χ4v) is 2.93. The van der Waals surface area contributed by atoms with Crippen LogP contribution in [-0.4, -0.2) is 24.4 Å². The smallest absolute Gasteiger partial charge is 0.312 e. The lowest BCUT2D eigenvalue weighted by molar-refractivity contribution is -0.155. The Labute approximate surface area is 115 Å². The first-order valence-corrected chi connectivity index (χ1v) is 8.23. The van der Waals surface area contributed by atoms with E-state index in [1.54, 1.807) is 20.8 Å². The first-order chi connectivity index (χ1) is 8.60. The third-order valence-electron chi connectivity index (χ3n) is 3.42. The van der Waals surface area contributed by atoms with Crippen LogP contribution in [0.5, 0.6) is 0 Å². The Morgan fingerprint density at radius 2 is 1.79 bits per heavy atom. The van der Waals surface area contributed by atoms with Gasteiger partial charge >= 0.3 is 5.97 Å². The van der Waals surface area contributed by atoms with Gasteiger partial charge in [0.25, 0.3) is 0 Å². The molecule has 0 radical (unpaired) electrons. The molecule has 0 aromatic rings. The van der Waals surface area contributed by atoms with E-state index in [1.165, 1.54) is 0 Å². The van der Waals surface area contributed by atoms with Gasteiger partial charge in [0.1, 0.15) is 10.1 Å². The number of esters is 1. The molecule has 0 heterocycles. The lowest BCUT2D eigenvalue weighted by Crippen LogP contribution is -2.34. The summed E-state index contributed by atoms with van der Waals surface area (Å²) in [4.78, 5) is 11.7. The van der Waals surface area contributed by atoms with Gasteiger partial charge in [0.15, 0.2) is 5.44 Å². The van der Waals surface area contributed by atoms with E-state index in [1.807, 2.05) is 0 Å². The maximum Gasteiger partial charge on any atom is 0.312 e. The summed E-state index contributed by atoms with van der Waals surface area (Å²) in [5.41, 5.74) is -2.35. The van der Waals surface area contributed by atoms with Gasteiger partial charge in [0.05, 0.1) is 5.41 Å². The second-order valence-corrected chi connectivity index (χ2v) is 7.83. The van der Waals surface area contributed by atoms with Crippen LogP contribution in [-0.2, 0) is 19.6 Å². The second kappa shape index (κ2) is 6.22. The normalized spacial score (nSPS) is 20.0. The molecule has 1 aliphatic rings. The van der Waals surface area contributed by atoms with Gasteiger partial charge in [-0.1, -0.05) is 32.1 Å². The highest BCUT2D eigenvalue weighted by atomic mass is 32.2. The highest BCUT2D eigenvalue weighted by Gasteiger charge is 2.31. The van der Waals surface area contributed by atoms with Gasteiger partial charge in [-0.15, -0.1) is 0 Å². The highest BCUT2D eigenvalue weighted by molar-refractivity contribution is 7.86. The zero-order valence-electron chi connectivity index (χ0n) is 11.8. The molecule has 1 saturated carbocycles. The molecule has 1 atom stereocenters. The van der Waals surface area contributed by atoms with Crippen LogP contribution >= 0.6 is 0 Å². The number of hydrogen-bond donors (Lipinski definition) is 0. The fraction of sp³-hybridized carbons (Fsp3) is 0.923. The van der Waals surface area contributed by atoms with Gasteiger partial charge in [-0.2, -0.15) is 0 Å². The van der Waals surface area contributed by atoms with Crippen LogP contribution in [0.2, 0.25) is 0 Å². The zero-order chi connectivity index (χ0) is 14.7. The zero-order valence-corrected chi connectivity index (χ0v) is 12.7. The lowest BCUT2D eigenvalue weighted by atomic mass is 9.87. The Morgan fingerprint density at radius 3 is 2.21 bits per heavy atom. The van der Waals surface area contributed by atoms with Gasteiger partial charge < -0.3 is 9.29 Å². The molecule has 0 aromatic heterocycles. The summed E-state index contributed by atoms with van der Waals surface area (Å²) in [7, 11) is -4.61. The summed E-state index contributed by atoms with van der Waals surface area (Å²) in [6.07, 6.45) is 5.17. The van der Waals surface area contributed by atoms with Crippen molar-refractivity contribution in [3.05, 3.63) is 0 Å². The largest absolute Gasteiger partial charge is 0.745 e. The molecule has 0 aliphatic heterocycles. The minimum absolute atomic E-state index is 0.133. The van der Waals surface area contributed by atoms with Crippen LogP contribution in [0.1, 0.15) is 59.3 Å². The van der Waals surface area contributed by atoms with Crippen LogP contribution in [0.15, 0.2) is 0 Å². The van der Waals surface area contributed by atoms with E-state index in [2.05, 4.69) is 0 Å². The number of carbonyl (C=O) groups excluding carboxylic acids is 1. The van der Waals surface area contributed by atoms with Crippen molar-refractivity contribution in [1.29, 1.82) is 0 Å². The van der Waals surface area contributed by atoms with Crippen molar-refractivity contribution in [2.24, 2.45) is 11.3 Å². The Balaban J connectivity index is 2.70. The number of rotatable bonds is 4. The second-order valence-electron chi connectivity index (χ2n) is 6.32. The molecule has 1 aliphatic carbocycles. The Kier molecular flexibility index (Phi) is 5.38. The summed E-state index contributed by atoms with van der Waals surface area (Å²) in [6.45, 7) is 4.89. The fourth-order valence-electron chi connectivity index (χ4n) is 2.22. The van der Waals surface area contributed by atoms with E-state index in [-0.39, 0.29) is 12.3 Å². The average Bonchev–Trinajstić information content (AvgIpc) is 2.27. The summed E-state index contributed by atoms with van der Waals surface area (Å²) in [5.74, 6) is -0.483. The minimum Gasteiger partial charge on any atom is -0.745 e.